The van der Waals surface area contributed by atoms with Gasteiger partial charge in [0.15, 0.2) is 0 Å². The molecule has 4 aromatic rings. The lowest BCUT2D eigenvalue weighted by Crippen LogP contribution is -2.50. The van der Waals surface area contributed by atoms with Gasteiger partial charge in [-0.05, 0) is 60.8 Å². The van der Waals surface area contributed by atoms with Crippen molar-refractivity contribution in [1.29, 1.82) is 0 Å². The number of halogens is 1. The highest BCUT2D eigenvalue weighted by atomic mass is 19.1. The number of hydrogen-bond acceptors (Lipinski definition) is 5. The fraction of sp³-hybridized carbons (Fsp3) is 0.265. The molecule has 0 saturated heterocycles. The Labute approximate surface area is 260 Å². The van der Waals surface area contributed by atoms with Gasteiger partial charge in [-0.3, -0.25) is 4.79 Å². The van der Waals surface area contributed by atoms with Crippen LogP contribution in [0.15, 0.2) is 84.9 Å². The van der Waals surface area contributed by atoms with Gasteiger partial charge in [0.25, 0.3) is 5.91 Å². The molecule has 0 bridgehead atoms. The van der Waals surface area contributed by atoms with Gasteiger partial charge in [0.1, 0.15) is 17.7 Å². The summed E-state index contributed by atoms with van der Waals surface area (Å²) in [6.45, 7) is 3.86. The van der Waals surface area contributed by atoms with Gasteiger partial charge >= 0.3 is 12.1 Å². The molecular weight excluding hydrogens is 577 g/mol. The Morgan fingerprint density at radius 3 is 2.47 bits per heavy atom. The summed E-state index contributed by atoms with van der Waals surface area (Å²) in [5.41, 5.74) is 1.68. The average molecular weight is 614 g/mol. The van der Waals surface area contributed by atoms with Gasteiger partial charge in [-0.25, -0.2) is 14.0 Å². The molecular formula is C34H36FN5O5. The quantitative estimate of drug-likeness (QED) is 0.203. The van der Waals surface area contributed by atoms with E-state index in [2.05, 4.69) is 16.0 Å². The van der Waals surface area contributed by atoms with Gasteiger partial charge in [-0.1, -0.05) is 43.3 Å². The molecule has 234 valence electrons. The van der Waals surface area contributed by atoms with Gasteiger partial charge in [0.05, 0.1) is 30.4 Å². The summed E-state index contributed by atoms with van der Waals surface area (Å²) in [5, 5.41) is 20.3. The number of aliphatic hydroxyl groups is 1. The molecule has 0 fully saturated rings. The van der Waals surface area contributed by atoms with Crippen LogP contribution in [0.1, 0.15) is 24.2 Å². The van der Waals surface area contributed by atoms with Crippen LogP contribution in [-0.2, 0) is 0 Å². The number of nitrogens with zero attached hydrogens (tertiary/aromatic N) is 2. The highest BCUT2D eigenvalue weighted by molar-refractivity contribution is 6.07. The Morgan fingerprint density at radius 1 is 1.00 bits per heavy atom. The number of amides is 5. The van der Waals surface area contributed by atoms with Crippen LogP contribution in [0.4, 0.5) is 31.0 Å². The molecule has 45 heavy (non-hydrogen) atoms. The predicted octanol–water partition coefficient (Wildman–Crippen LogP) is 6.01. The molecule has 10 nitrogen and oxygen atoms in total. The zero-order valence-electron chi connectivity index (χ0n) is 25.3. The van der Waals surface area contributed by atoms with Crippen LogP contribution < -0.4 is 20.7 Å². The number of ether oxygens (including phenoxy) is 1. The fourth-order valence-corrected chi connectivity index (χ4v) is 5.24. The van der Waals surface area contributed by atoms with Crippen LogP contribution >= 0.6 is 0 Å². The third-order valence-corrected chi connectivity index (χ3v) is 7.86. The number of nitrogens with one attached hydrogen (secondary N) is 3. The Bertz CT molecular complexity index is 1690. The Hall–Kier alpha value is -5.16. The van der Waals surface area contributed by atoms with Crippen molar-refractivity contribution < 1.29 is 28.6 Å². The van der Waals surface area contributed by atoms with E-state index in [1.165, 1.54) is 29.2 Å². The highest BCUT2D eigenvalue weighted by Gasteiger charge is 2.34. The van der Waals surface area contributed by atoms with E-state index in [4.69, 9.17) is 4.74 Å². The van der Waals surface area contributed by atoms with E-state index in [9.17, 15) is 23.9 Å². The number of carbonyl (C=O) groups is 3. The molecule has 11 heteroatoms. The number of fused-ring (bicyclic) bond motifs is 2. The predicted molar refractivity (Wildman–Crippen MR) is 172 cm³/mol. The zero-order chi connectivity index (χ0) is 32.1. The molecule has 1 aliphatic heterocycles. The number of hydrogen-bond donors (Lipinski definition) is 4. The third-order valence-electron chi connectivity index (χ3n) is 7.86. The van der Waals surface area contributed by atoms with E-state index < -0.39 is 30.0 Å². The summed E-state index contributed by atoms with van der Waals surface area (Å²) >= 11 is 0. The first-order valence-electron chi connectivity index (χ1n) is 14.7. The zero-order valence-corrected chi connectivity index (χ0v) is 25.3. The van der Waals surface area contributed by atoms with Gasteiger partial charge < -0.3 is 35.6 Å². The van der Waals surface area contributed by atoms with Crippen molar-refractivity contribution in [2.24, 2.45) is 5.92 Å². The summed E-state index contributed by atoms with van der Waals surface area (Å²) in [7, 11) is 1.62. The van der Waals surface area contributed by atoms with Crippen molar-refractivity contribution in [3.8, 4) is 5.75 Å². The lowest BCUT2D eigenvalue weighted by atomic mass is 9.99. The van der Waals surface area contributed by atoms with Crippen molar-refractivity contribution in [2.45, 2.75) is 26.0 Å². The number of likely N-dealkylation sites (N-methyl/N-ethyl adjacent to an activating group) is 1. The second-order valence-electron chi connectivity index (χ2n) is 11.3. The SMILES string of the molecule is C[C@@H]1CN([C@@H](C)CO)C(=O)c2cc(NC(=O)Nc3cccc4ccccc34)ccc2O[C@H]1CN(C)C(=O)Nc1ccc(F)cc1. The van der Waals surface area contributed by atoms with E-state index in [0.29, 0.717) is 22.8 Å². The van der Waals surface area contributed by atoms with Crippen molar-refractivity contribution in [3.05, 3.63) is 96.3 Å². The van der Waals surface area contributed by atoms with Crippen LogP contribution in [-0.4, -0.2) is 71.8 Å². The summed E-state index contributed by atoms with van der Waals surface area (Å²) in [5.74, 6) is -0.686. The minimum absolute atomic E-state index is 0.177. The number of anilines is 3. The summed E-state index contributed by atoms with van der Waals surface area (Å²) in [4.78, 5) is 42.7. The summed E-state index contributed by atoms with van der Waals surface area (Å²) < 4.78 is 19.7. The van der Waals surface area contributed by atoms with Crippen molar-refractivity contribution in [2.75, 3.05) is 42.7 Å². The highest BCUT2D eigenvalue weighted by Crippen LogP contribution is 2.31. The Kier molecular flexibility index (Phi) is 9.48. The van der Waals surface area contributed by atoms with Crippen LogP contribution in [0, 0.1) is 11.7 Å². The molecule has 3 atom stereocenters. The molecule has 4 aromatic carbocycles. The smallest absolute Gasteiger partial charge is 0.323 e. The van der Waals surface area contributed by atoms with Crippen molar-refractivity contribution >= 4 is 45.8 Å². The van der Waals surface area contributed by atoms with Crippen LogP contribution in [0.25, 0.3) is 10.8 Å². The maximum Gasteiger partial charge on any atom is 0.323 e. The molecule has 5 amide bonds. The third kappa shape index (κ3) is 7.32. The molecule has 0 radical (unpaired) electrons. The fourth-order valence-electron chi connectivity index (χ4n) is 5.24. The van der Waals surface area contributed by atoms with Crippen LogP contribution in [0.5, 0.6) is 5.75 Å². The van der Waals surface area contributed by atoms with Crippen LogP contribution in [0.2, 0.25) is 0 Å². The lowest BCUT2D eigenvalue weighted by Gasteiger charge is -2.38. The van der Waals surface area contributed by atoms with E-state index >= 15 is 0 Å². The monoisotopic (exact) mass is 613 g/mol. The minimum atomic E-state index is -0.525. The van der Waals surface area contributed by atoms with E-state index in [1.54, 1.807) is 37.1 Å². The molecule has 0 unspecified atom stereocenters. The number of benzene rings is 4. The number of urea groups is 2. The van der Waals surface area contributed by atoms with E-state index in [-0.39, 0.29) is 37.1 Å². The molecule has 0 aromatic heterocycles. The van der Waals surface area contributed by atoms with Gasteiger partial charge in [0, 0.05) is 36.3 Å². The normalized spacial score (nSPS) is 16.9. The molecule has 1 heterocycles. The molecule has 4 N–H and O–H groups in total. The summed E-state index contributed by atoms with van der Waals surface area (Å²) in [6.07, 6.45) is -0.525. The first-order chi connectivity index (χ1) is 21.6. The van der Waals surface area contributed by atoms with Gasteiger partial charge in [0.2, 0.25) is 0 Å². The van der Waals surface area contributed by atoms with Crippen LogP contribution in [0.3, 0.4) is 0 Å². The molecule has 0 aliphatic carbocycles. The minimum Gasteiger partial charge on any atom is -0.487 e. The van der Waals surface area contributed by atoms with Crippen molar-refractivity contribution in [3.63, 3.8) is 0 Å². The molecule has 5 rings (SSSR count). The first kappa shape index (κ1) is 31.3. The second kappa shape index (κ2) is 13.6. The van der Waals surface area contributed by atoms with Crippen molar-refractivity contribution in [1.82, 2.24) is 9.80 Å². The number of rotatable bonds is 7. The molecule has 0 saturated carbocycles. The largest absolute Gasteiger partial charge is 0.487 e. The Balaban J connectivity index is 1.36. The number of carbonyl (C=O) groups excluding carboxylic acids is 3. The lowest BCUT2D eigenvalue weighted by molar-refractivity contribution is 0.0371. The Morgan fingerprint density at radius 2 is 1.71 bits per heavy atom. The van der Waals surface area contributed by atoms with E-state index in [0.717, 1.165) is 10.8 Å². The maximum atomic E-state index is 13.8. The van der Waals surface area contributed by atoms with E-state index in [1.807, 2.05) is 49.4 Å². The topological polar surface area (TPSA) is 123 Å². The summed E-state index contributed by atoms with van der Waals surface area (Å²) in [6, 6.07) is 22.2. The second-order valence-corrected chi connectivity index (χ2v) is 11.3. The first-order valence-corrected chi connectivity index (χ1v) is 14.7. The molecule has 0 spiro atoms. The van der Waals surface area contributed by atoms with Gasteiger partial charge in [-0.2, -0.15) is 0 Å². The number of aliphatic hydroxyl groups excluding tert-OH is 1. The average Bonchev–Trinajstić information content (AvgIpc) is 3.03. The molecule has 1 aliphatic rings. The standard InChI is InChI=1S/C34H36FN5O5/c1-21-18-40(22(2)20-41)32(42)28-17-26(36-33(43)38-29-10-6-8-23-7-4-5-9-27(23)29)15-16-30(28)45-31(21)19-39(3)34(44)37-25-13-11-24(35)12-14-25/h4-17,21-22,31,41H,18-20H2,1-3H3,(H,37,44)(H2,36,38,43)/t21-,22+,31+/m1/s1. The maximum absolute atomic E-state index is 13.8. The van der Waals surface area contributed by atoms with Gasteiger partial charge in [-0.15, -0.1) is 0 Å².